The lowest BCUT2D eigenvalue weighted by Crippen LogP contribution is -2.16. The van der Waals surface area contributed by atoms with Gasteiger partial charge in [0.05, 0.1) is 16.7 Å². The van der Waals surface area contributed by atoms with Crippen molar-refractivity contribution in [1.29, 1.82) is 0 Å². The molecule has 2 aromatic carbocycles. The quantitative estimate of drug-likeness (QED) is 0.425. The number of carbonyl (C=O) groups excluding carboxylic acids is 1. The van der Waals surface area contributed by atoms with Crippen LogP contribution in [0.4, 0.5) is 11.6 Å². The topological polar surface area (TPSA) is 136 Å². The van der Waals surface area contributed by atoms with E-state index in [0.717, 1.165) is 40.6 Å². The monoisotopic (exact) mass is 373 g/mol. The molecule has 5 rings (SSSR count). The number of carbonyl (C=O) groups is 1. The van der Waals surface area contributed by atoms with Crippen molar-refractivity contribution in [2.45, 2.75) is 12.8 Å². The van der Waals surface area contributed by atoms with Crippen molar-refractivity contribution >= 4 is 39.5 Å². The molecule has 6 N–H and O–H groups in total. The lowest BCUT2D eigenvalue weighted by molar-refractivity contribution is 0.0996. The maximum atomic E-state index is 11.5. The largest absolute Gasteiger partial charge is 0.396 e. The maximum Gasteiger partial charge on any atom is 0.271 e. The predicted octanol–water partition coefficient (Wildman–Crippen LogP) is 2.68. The van der Waals surface area contributed by atoms with Crippen LogP contribution in [0.25, 0.3) is 33.1 Å². The standard InChI is InChI=1S/C20H19N7O/c21-16-13-3-1-2-12(17(13)26-27-18(16)19(22)28)11-6-7-14-15(8-11)25-20(24-14)23-9-10-4-5-10/h1-3,6-8,10H,4-5,9H2,(H2,21,26)(H2,22,28)(H2,23,24,25). The molecule has 1 saturated carbocycles. The number of nitrogens with two attached hydrogens (primary N) is 2. The number of H-pyrrole nitrogens is 1. The van der Waals surface area contributed by atoms with Gasteiger partial charge in [-0.3, -0.25) is 4.79 Å². The molecule has 8 nitrogen and oxygen atoms in total. The Kier molecular flexibility index (Phi) is 3.65. The third-order valence-corrected chi connectivity index (χ3v) is 5.11. The molecule has 8 heteroatoms. The molecule has 0 saturated heterocycles. The molecule has 0 aliphatic heterocycles. The Hall–Kier alpha value is -3.68. The third-order valence-electron chi connectivity index (χ3n) is 5.11. The van der Waals surface area contributed by atoms with Crippen LogP contribution in [-0.2, 0) is 0 Å². The van der Waals surface area contributed by atoms with Crippen molar-refractivity contribution in [2.24, 2.45) is 11.7 Å². The van der Waals surface area contributed by atoms with Crippen molar-refractivity contribution in [1.82, 2.24) is 20.2 Å². The van der Waals surface area contributed by atoms with E-state index in [-0.39, 0.29) is 11.4 Å². The van der Waals surface area contributed by atoms with Gasteiger partial charge in [0.2, 0.25) is 5.95 Å². The lowest BCUT2D eigenvalue weighted by atomic mass is 10.0. The smallest absolute Gasteiger partial charge is 0.271 e. The van der Waals surface area contributed by atoms with Gasteiger partial charge in [-0.2, -0.15) is 0 Å². The number of nitrogens with one attached hydrogen (secondary N) is 2. The number of primary amides is 1. The number of aromatic amines is 1. The second-order valence-corrected chi connectivity index (χ2v) is 7.17. The molecule has 28 heavy (non-hydrogen) atoms. The van der Waals surface area contributed by atoms with Crippen LogP contribution >= 0.6 is 0 Å². The Morgan fingerprint density at radius 3 is 2.86 bits per heavy atom. The molecule has 2 aromatic heterocycles. The summed E-state index contributed by atoms with van der Waals surface area (Å²) >= 11 is 0. The molecular weight excluding hydrogens is 354 g/mol. The third kappa shape index (κ3) is 2.79. The zero-order valence-electron chi connectivity index (χ0n) is 15.1. The highest BCUT2D eigenvalue weighted by Crippen LogP contribution is 2.32. The van der Waals surface area contributed by atoms with Gasteiger partial charge in [0.15, 0.2) is 5.69 Å². The minimum Gasteiger partial charge on any atom is -0.396 e. The Morgan fingerprint density at radius 1 is 1.21 bits per heavy atom. The summed E-state index contributed by atoms with van der Waals surface area (Å²) in [6.45, 7) is 0.951. The Bertz CT molecular complexity index is 1230. The van der Waals surface area contributed by atoms with Gasteiger partial charge in [0.1, 0.15) is 5.52 Å². The first-order valence-electron chi connectivity index (χ1n) is 9.19. The first kappa shape index (κ1) is 16.5. The molecule has 140 valence electrons. The molecule has 2 heterocycles. The van der Waals surface area contributed by atoms with E-state index in [0.29, 0.717) is 10.9 Å². The van der Waals surface area contributed by atoms with Crippen molar-refractivity contribution in [3.63, 3.8) is 0 Å². The van der Waals surface area contributed by atoms with Gasteiger partial charge in [0, 0.05) is 17.5 Å². The minimum atomic E-state index is -0.692. The van der Waals surface area contributed by atoms with E-state index in [4.69, 9.17) is 11.5 Å². The number of hydrogen-bond acceptors (Lipinski definition) is 6. The number of hydrogen-bond donors (Lipinski definition) is 4. The van der Waals surface area contributed by atoms with Crippen LogP contribution in [0, 0.1) is 5.92 Å². The SMILES string of the molecule is NC(=O)c1nnc2c(-c3ccc4nc(NCC5CC5)[nH]c4c3)cccc2c1N. The van der Waals surface area contributed by atoms with E-state index in [1.807, 2.05) is 36.4 Å². The molecule has 0 spiro atoms. The van der Waals surface area contributed by atoms with Crippen LogP contribution in [0.5, 0.6) is 0 Å². The summed E-state index contributed by atoms with van der Waals surface area (Å²) in [5.74, 6) is 0.864. The molecule has 1 amide bonds. The Labute approximate surface area is 160 Å². The van der Waals surface area contributed by atoms with Crippen LogP contribution in [0.3, 0.4) is 0 Å². The van der Waals surface area contributed by atoms with Crippen LogP contribution in [0.1, 0.15) is 23.3 Å². The average molecular weight is 373 g/mol. The van der Waals surface area contributed by atoms with E-state index in [2.05, 4.69) is 25.5 Å². The number of rotatable bonds is 5. The Morgan fingerprint density at radius 2 is 2.07 bits per heavy atom. The first-order chi connectivity index (χ1) is 13.6. The molecule has 1 aliphatic carbocycles. The number of nitrogen functional groups attached to an aromatic ring is 1. The minimum absolute atomic E-state index is 0.0138. The van der Waals surface area contributed by atoms with Gasteiger partial charge in [-0.1, -0.05) is 24.3 Å². The molecule has 1 aliphatic rings. The summed E-state index contributed by atoms with van der Waals surface area (Å²) in [7, 11) is 0. The van der Waals surface area contributed by atoms with Gasteiger partial charge in [0.25, 0.3) is 5.91 Å². The fraction of sp³-hybridized carbons (Fsp3) is 0.200. The van der Waals surface area contributed by atoms with E-state index in [1.165, 1.54) is 12.8 Å². The van der Waals surface area contributed by atoms with E-state index < -0.39 is 5.91 Å². The second kappa shape index (κ2) is 6.19. The summed E-state index contributed by atoms with van der Waals surface area (Å²) in [6.07, 6.45) is 2.58. The highest BCUT2D eigenvalue weighted by Gasteiger charge is 2.21. The van der Waals surface area contributed by atoms with Crippen molar-refractivity contribution in [3.05, 3.63) is 42.1 Å². The lowest BCUT2D eigenvalue weighted by Gasteiger charge is -2.09. The van der Waals surface area contributed by atoms with E-state index in [1.54, 1.807) is 0 Å². The number of nitrogens with zero attached hydrogens (tertiary/aromatic N) is 3. The van der Waals surface area contributed by atoms with Crippen LogP contribution < -0.4 is 16.8 Å². The van der Waals surface area contributed by atoms with Gasteiger partial charge in [-0.15, -0.1) is 10.2 Å². The zero-order chi connectivity index (χ0) is 19.3. The Balaban J connectivity index is 1.57. The van der Waals surface area contributed by atoms with Crippen LogP contribution in [0.15, 0.2) is 36.4 Å². The number of fused-ring (bicyclic) bond motifs is 2. The zero-order valence-corrected chi connectivity index (χ0v) is 15.1. The average Bonchev–Trinajstić information content (AvgIpc) is 3.43. The second-order valence-electron chi connectivity index (χ2n) is 7.17. The molecule has 0 radical (unpaired) electrons. The summed E-state index contributed by atoms with van der Waals surface area (Å²) in [4.78, 5) is 19.4. The van der Waals surface area contributed by atoms with Crippen molar-refractivity contribution in [3.8, 4) is 11.1 Å². The number of anilines is 2. The van der Waals surface area contributed by atoms with Crippen molar-refractivity contribution in [2.75, 3.05) is 17.6 Å². The highest BCUT2D eigenvalue weighted by molar-refractivity contribution is 6.07. The molecular formula is C20H19N7O. The van der Waals surface area contributed by atoms with E-state index >= 15 is 0 Å². The van der Waals surface area contributed by atoms with Crippen LogP contribution in [-0.4, -0.2) is 32.6 Å². The fourth-order valence-corrected chi connectivity index (χ4v) is 3.39. The molecule has 0 atom stereocenters. The molecule has 4 aromatic rings. The normalized spacial score (nSPS) is 13.9. The number of amides is 1. The highest BCUT2D eigenvalue weighted by atomic mass is 16.1. The molecule has 0 bridgehead atoms. The number of benzene rings is 2. The number of aromatic nitrogens is 4. The predicted molar refractivity (Wildman–Crippen MR) is 109 cm³/mol. The summed E-state index contributed by atoms with van der Waals surface area (Å²) < 4.78 is 0. The summed E-state index contributed by atoms with van der Waals surface area (Å²) in [5, 5.41) is 12.1. The molecule has 0 unspecified atom stereocenters. The van der Waals surface area contributed by atoms with Crippen LogP contribution in [0.2, 0.25) is 0 Å². The van der Waals surface area contributed by atoms with Gasteiger partial charge in [-0.05, 0) is 36.5 Å². The summed E-state index contributed by atoms with van der Waals surface area (Å²) in [5.41, 5.74) is 15.9. The van der Waals surface area contributed by atoms with Gasteiger partial charge < -0.3 is 21.8 Å². The molecule has 1 fully saturated rings. The van der Waals surface area contributed by atoms with E-state index in [9.17, 15) is 4.79 Å². The fourth-order valence-electron chi connectivity index (χ4n) is 3.39. The van der Waals surface area contributed by atoms with Gasteiger partial charge >= 0.3 is 0 Å². The summed E-state index contributed by atoms with van der Waals surface area (Å²) in [6, 6.07) is 11.6. The maximum absolute atomic E-state index is 11.5. The van der Waals surface area contributed by atoms with Gasteiger partial charge in [-0.25, -0.2) is 4.98 Å². The van der Waals surface area contributed by atoms with Crippen molar-refractivity contribution < 1.29 is 4.79 Å². The first-order valence-corrected chi connectivity index (χ1v) is 9.19. The number of imidazole rings is 1.